The van der Waals surface area contributed by atoms with E-state index < -0.39 is 4.92 Å². The van der Waals surface area contributed by atoms with Crippen LogP contribution in [0.15, 0.2) is 60.9 Å². The van der Waals surface area contributed by atoms with E-state index in [0.717, 1.165) is 5.69 Å². The predicted octanol–water partition coefficient (Wildman–Crippen LogP) is 2.37. The highest BCUT2D eigenvalue weighted by molar-refractivity contribution is 5.94. The summed E-state index contributed by atoms with van der Waals surface area (Å²) >= 11 is 0. The van der Waals surface area contributed by atoms with Gasteiger partial charge in [-0.25, -0.2) is 0 Å². The molecule has 0 aliphatic heterocycles. The number of nitro benzene ring substituents is 1. The molecule has 3 N–H and O–H groups in total. The van der Waals surface area contributed by atoms with Crippen LogP contribution in [0.1, 0.15) is 10.4 Å². The number of benzene rings is 1. The average Bonchev–Trinajstić information content (AvgIpc) is 2.73. The average molecular weight is 379 g/mol. The molecule has 0 bridgehead atoms. The first kappa shape index (κ1) is 18.7. The maximum Gasteiger partial charge on any atom is 0.270 e. The van der Waals surface area contributed by atoms with E-state index in [1.54, 1.807) is 24.5 Å². The Bertz CT molecular complexity index is 949. The number of nitrogens with zero attached hydrogens (tertiary/aromatic N) is 4. The predicted molar refractivity (Wildman–Crippen MR) is 103 cm³/mol. The second-order valence-corrected chi connectivity index (χ2v) is 5.65. The molecule has 2 heterocycles. The van der Waals surface area contributed by atoms with E-state index in [1.165, 1.54) is 24.3 Å². The van der Waals surface area contributed by atoms with Crippen molar-refractivity contribution in [1.29, 1.82) is 0 Å². The Morgan fingerprint density at radius 1 is 1.00 bits per heavy atom. The lowest BCUT2D eigenvalue weighted by Crippen LogP contribution is -2.28. The molecule has 142 valence electrons. The van der Waals surface area contributed by atoms with Crippen LogP contribution < -0.4 is 16.0 Å². The molecular weight excluding hydrogens is 362 g/mol. The van der Waals surface area contributed by atoms with Gasteiger partial charge in [-0.2, -0.15) is 0 Å². The number of amides is 1. The van der Waals surface area contributed by atoms with Crippen molar-refractivity contribution in [2.45, 2.75) is 0 Å². The maximum absolute atomic E-state index is 12.0. The number of non-ortho nitro benzene ring substituents is 1. The Labute approximate surface area is 160 Å². The van der Waals surface area contributed by atoms with Gasteiger partial charge in [-0.3, -0.25) is 19.9 Å². The number of nitro groups is 1. The van der Waals surface area contributed by atoms with Crippen molar-refractivity contribution in [2.75, 3.05) is 23.7 Å². The summed E-state index contributed by atoms with van der Waals surface area (Å²) in [4.78, 5) is 26.2. The molecule has 10 nitrogen and oxygen atoms in total. The van der Waals surface area contributed by atoms with Crippen LogP contribution in [0, 0.1) is 10.1 Å². The second-order valence-electron chi connectivity index (χ2n) is 5.65. The van der Waals surface area contributed by atoms with Crippen molar-refractivity contribution in [3.05, 3.63) is 76.6 Å². The summed E-state index contributed by atoms with van der Waals surface area (Å²) in [5.74, 6) is 0.772. The molecule has 28 heavy (non-hydrogen) atoms. The van der Waals surface area contributed by atoms with Gasteiger partial charge in [0.2, 0.25) is 0 Å². The molecule has 0 atom stereocenters. The van der Waals surface area contributed by atoms with E-state index >= 15 is 0 Å². The molecule has 3 aromatic rings. The number of hydrogen-bond acceptors (Lipinski definition) is 8. The molecule has 1 amide bonds. The van der Waals surface area contributed by atoms with Crippen molar-refractivity contribution < 1.29 is 9.72 Å². The molecule has 0 radical (unpaired) electrons. The van der Waals surface area contributed by atoms with Crippen molar-refractivity contribution in [2.24, 2.45) is 0 Å². The van der Waals surface area contributed by atoms with Crippen LogP contribution in [0.3, 0.4) is 0 Å². The van der Waals surface area contributed by atoms with Crippen LogP contribution >= 0.6 is 0 Å². The Balaban J connectivity index is 1.44. The summed E-state index contributed by atoms with van der Waals surface area (Å²) in [7, 11) is 0. The molecule has 0 aliphatic rings. The minimum atomic E-state index is -0.537. The number of carbonyl (C=O) groups excluding carboxylic acids is 1. The zero-order valence-corrected chi connectivity index (χ0v) is 14.7. The number of pyridine rings is 1. The molecule has 1 aromatic carbocycles. The lowest BCUT2D eigenvalue weighted by Gasteiger charge is -2.08. The summed E-state index contributed by atoms with van der Waals surface area (Å²) in [6.45, 7) is 0.743. The maximum atomic E-state index is 12.0. The number of hydrogen-bond donors (Lipinski definition) is 3. The van der Waals surface area contributed by atoms with E-state index in [4.69, 9.17) is 0 Å². The van der Waals surface area contributed by atoms with Crippen molar-refractivity contribution in [3.63, 3.8) is 0 Å². The lowest BCUT2D eigenvalue weighted by atomic mass is 10.2. The van der Waals surface area contributed by atoms with Gasteiger partial charge in [0.25, 0.3) is 11.6 Å². The first-order chi connectivity index (χ1) is 13.6. The molecular formula is C18H17N7O3. The van der Waals surface area contributed by atoms with Gasteiger partial charge in [0, 0.05) is 48.9 Å². The van der Waals surface area contributed by atoms with Crippen LogP contribution in [0.2, 0.25) is 0 Å². The standard InChI is InChI=1S/C18H17N7O3/c26-18(13-2-1-3-15(12-13)25(27)28)21-11-10-20-16-4-5-17(24-23-16)22-14-6-8-19-9-7-14/h1-9,12H,10-11H2,(H,20,23)(H,21,26)(H,19,22,24). The van der Waals surface area contributed by atoms with Crippen molar-refractivity contribution >= 4 is 28.9 Å². The van der Waals surface area contributed by atoms with Crippen LogP contribution in [0.25, 0.3) is 0 Å². The topological polar surface area (TPSA) is 135 Å². The van der Waals surface area contributed by atoms with Crippen molar-refractivity contribution in [1.82, 2.24) is 20.5 Å². The van der Waals surface area contributed by atoms with Crippen LogP contribution in [0.4, 0.5) is 23.0 Å². The first-order valence-electron chi connectivity index (χ1n) is 8.39. The quantitative estimate of drug-likeness (QED) is 0.308. The Morgan fingerprint density at radius 3 is 2.46 bits per heavy atom. The largest absolute Gasteiger partial charge is 0.367 e. The summed E-state index contributed by atoms with van der Waals surface area (Å²) in [5, 5.41) is 27.7. The molecule has 0 fully saturated rings. The van der Waals surface area contributed by atoms with Crippen molar-refractivity contribution in [3.8, 4) is 0 Å². The Hall–Kier alpha value is -4.08. The third kappa shape index (κ3) is 5.21. The second kappa shape index (κ2) is 9.03. The van der Waals surface area contributed by atoms with Crippen LogP contribution in [-0.4, -0.2) is 39.1 Å². The highest BCUT2D eigenvalue weighted by Gasteiger charge is 2.10. The Kier molecular flexibility index (Phi) is 6.03. The number of nitrogens with one attached hydrogen (secondary N) is 3. The fourth-order valence-corrected chi connectivity index (χ4v) is 2.31. The summed E-state index contributed by atoms with van der Waals surface area (Å²) in [6, 6.07) is 12.7. The smallest absolute Gasteiger partial charge is 0.270 e. The van der Waals surface area contributed by atoms with E-state index in [1.807, 2.05) is 12.1 Å². The van der Waals surface area contributed by atoms with Gasteiger partial charge in [0.05, 0.1) is 4.92 Å². The van der Waals surface area contributed by atoms with Crippen LogP contribution in [0.5, 0.6) is 0 Å². The summed E-state index contributed by atoms with van der Waals surface area (Å²) < 4.78 is 0. The highest BCUT2D eigenvalue weighted by atomic mass is 16.6. The Morgan fingerprint density at radius 2 is 1.75 bits per heavy atom. The SMILES string of the molecule is O=C(NCCNc1ccc(Nc2ccncc2)nn1)c1cccc([N+](=O)[O-])c1. The zero-order chi connectivity index (χ0) is 19.8. The third-order valence-electron chi connectivity index (χ3n) is 3.65. The number of rotatable bonds is 8. The number of anilines is 3. The third-order valence-corrected chi connectivity index (χ3v) is 3.65. The molecule has 0 saturated carbocycles. The fraction of sp³-hybridized carbons (Fsp3) is 0.111. The van der Waals surface area contributed by atoms with E-state index in [2.05, 4.69) is 31.1 Å². The van der Waals surface area contributed by atoms with Gasteiger partial charge in [0.15, 0.2) is 5.82 Å². The molecule has 0 spiro atoms. The minimum Gasteiger partial charge on any atom is -0.367 e. The lowest BCUT2D eigenvalue weighted by molar-refractivity contribution is -0.384. The summed E-state index contributed by atoms with van der Waals surface area (Å²) in [6.07, 6.45) is 3.35. The molecule has 10 heteroatoms. The van der Waals surface area contributed by atoms with Gasteiger partial charge >= 0.3 is 0 Å². The summed E-state index contributed by atoms with van der Waals surface area (Å²) in [5.41, 5.74) is 0.968. The minimum absolute atomic E-state index is 0.124. The molecule has 2 aromatic heterocycles. The number of carbonyl (C=O) groups is 1. The highest BCUT2D eigenvalue weighted by Crippen LogP contribution is 2.14. The normalized spacial score (nSPS) is 10.1. The van der Waals surface area contributed by atoms with E-state index in [-0.39, 0.29) is 17.2 Å². The molecule has 0 unspecified atom stereocenters. The van der Waals surface area contributed by atoms with Gasteiger partial charge in [-0.1, -0.05) is 6.07 Å². The van der Waals surface area contributed by atoms with E-state index in [9.17, 15) is 14.9 Å². The first-order valence-corrected chi connectivity index (χ1v) is 8.39. The molecule has 3 rings (SSSR count). The zero-order valence-electron chi connectivity index (χ0n) is 14.7. The molecule has 0 saturated heterocycles. The van der Waals surface area contributed by atoms with Crippen LogP contribution in [-0.2, 0) is 0 Å². The van der Waals surface area contributed by atoms with Gasteiger partial charge in [-0.05, 0) is 30.3 Å². The van der Waals surface area contributed by atoms with Gasteiger partial charge < -0.3 is 16.0 Å². The monoisotopic (exact) mass is 379 g/mol. The van der Waals surface area contributed by atoms with Gasteiger partial charge in [0.1, 0.15) is 5.82 Å². The van der Waals surface area contributed by atoms with E-state index in [0.29, 0.717) is 24.7 Å². The fourth-order valence-electron chi connectivity index (χ4n) is 2.31. The van der Waals surface area contributed by atoms with Gasteiger partial charge in [-0.15, -0.1) is 10.2 Å². The number of aromatic nitrogens is 3. The molecule has 0 aliphatic carbocycles.